The zero-order valence-electron chi connectivity index (χ0n) is 18.0. The molecule has 168 valence electrons. The molecule has 6 heteroatoms. The zero-order chi connectivity index (χ0) is 21.9. The van der Waals surface area contributed by atoms with E-state index in [1.807, 2.05) is 16.7 Å². The molecule has 2 N–H and O–H groups in total. The number of aliphatic carboxylic acids is 1. The molecule has 1 heterocycles. The van der Waals surface area contributed by atoms with Gasteiger partial charge in [0.25, 0.3) is 0 Å². The van der Waals surface area contributed by atoms with Crippen molar-refractivity contribution in [2.75, 3.05) is 0 Å². The first-order valence-corrected chi connectivity index (χ1v) is 12.5. The van der Waals surface area contributed by atoms with E-state index in [-0.39, 0.29) is 18.2 Å². The van der Waals surface area contributed by atoms with Crippen LogP contribution >= 0.6 is 27.5 Å². The Morgan fingerprint density at radius 2 is 1.60 bits per heavy atom. The molecule has 0 saturated carbocycles. The molecule has 0 saturated heterocycles. The van der Waals surface area contributed by atoms with Crippen LogP contribution in [0.25, 0.3) is 10.9 Å². The van der Waals surface area contributed by atoms with Gasteiger partial charge in [-0.15, -0.1) is 0 Å². The summed E-state index contributed by atoms with van der Waals surface area (Å²) in [6, 6.07) is 3.52. The number of carbonyl (C=O) groups is 1. The predicted molar refractivity (Wildman–Crippen MR) is 129 cm³/mol. The van der Waals surface area contributed by atoms with Crippen molar-refractivity contribution in [3.05, 3.63) is 27.8 Å². The monoisotopic (exact) mass is 499 g/mol. The van der Waals surface area contributed by atoms with Crippen molar-refractivity contribution in [2.24, 2.45) is 0 Å². The summed E-state index contributed by atoms with van der Waals surface area (Å²) in [4.78, 5) is 11.4. The fraction of sp³-hybridized carbons (Fsp3) is 0.625. The molecule has 0 aliphatic carbocycles. The summed E-state index contributed by atoms with van der Waals surface area (Å²) in [7, 11) is 0. The van der Waals surface area contributed by atoms with Crippen molar-refractivity contribution in [1.29, 1.82) is 0 Å². The maximum atomic E-state index is 11.4. The quantitative estimate of drug-likeness (QED) is 0.241. The number of aromatic hydroxyl groups is 1. The Hall–Kier alpha value is -1.20. The molecule has 0 spiro atoms. The minimum atomic E-state index is -0.826. The van der Waals surface area contributed by atoms with E-state index in [9.17, 15) is 15.0 Å². The number of unbranched alkanes of at least 4 members (excludes halogenated alkanes) is 10. The Morgan fingerprint density at radius 1 is 1.03 bits per heavy atom. The second kappa shape index (κ2) is 13.3. The molecule has 30 heavy (non-hydrogen) atoms. The Balaban J connectivity index is 1.84. The molecule has 4 nitrogen and oxygen atoms in total. The van der Waals surface area contributed by atoms with Crippen LogP contribution in [0.2, 0.25) is 5.02 Å². The summed E-state index contributed by atoms with van der Waals surface area (Å²) in [5.41, 5.74) is 0.773. The highest BCUT2D eigenvalue weighted by atomic mass is 79.9. The number of benzene rings is 1. The molecule has 2 rings (SSSR count). The van der Waals surface area contributed by atoms with Gasteiger partial charge in [-0.2, -0.15) is 0 Å². The Morgan fingerprint density at radius 3 is 2.17 bits per heavy atom. The fourth-order valence-electron chi connectivity index (χ4n) is 4.15. The number of fused-ring (bicyclic) bond motifs is 1. The lowest BCUT2D eigenvalue weighted by molar-refractivity contribution is -0.137. The number of nitrogens with zero attached hydrogens (tertiary/aromatic N) is 1. The Labute approximate surface area is 193 Å². The molecule has 0 radical (unpaired) electrons. The fourth-order valence-corrected chi connectivity index (χ4v) is 4.74. The summed E-state index contributed by atoms with van der Waals surface area (Å²) in [5.74, 6) is -0.738. The smallest absolute Gasteiger partial charge is 0.305 e. The number of carboxylic acids is 1. The van der Waals surface area contributed by atoms with E-state index in [1.165, 1.54) is 57.8 Å². The Kier molecular flexibility index (Phi) is 11.1. The van der Waals surface area contributed by atoms with Crippen LogP contribution in [0.5, 0.6) is 5.75 Å². The summed E-state index contributed by atoms with van der Waals surface area (Å²) in [5, 5.41) is 20.8. The third-order valence-electron chi connectivity index (χ3n) is 5.81. The van der Waals surface area contributed by atoms with Crippen LogP contribution in [0.15, 0.2) is 22.8 Å². The van der Waals surface area contributed by atoms with E-state index in [0.29, 0.717) is 14.9 Å². The van der Waals surface area contributed by atoms with Gasteiger partial charge in [-0.1, -0.05) is 89.2 Å². The number of hydrogen-bond donors (Lipinski definition) is 2. The minimum Gasteiger partial charge on any atom is -0.506 e. The van der Waals surface area contributed by atoms with E-state index in [1.54, 1.807) is 6.20 Å². The normalized spacial score (nSPS) is 12.5. The van der Waals surface area contributed by atoms with Crippen molar-refractivity contribution in [3.63, 3.8) is 0 Å². The minimum absolute atomic E-state index is 0.0364. The van der Waals surface area contributed by atoms with E-state index < -0.39 is 5.97 Å². The first kappa shape index (κ1) is 25.1. The van der Waals surface area contributed by atoms with Gasteiger partial charge >= 0.3 is 5.97 Å². The largest absolute Gasteiger partial charge is 0.506 e. The molecule has 1 atom stereocenters. The lowest BCUT2D eigenvalue weighted by Crippen LogP contribution is -2.13. The van der Waals surface area contributed by atoms with Crippen LogP contribution in [-0.4, -0.2) is 20.7 Å². The van der Waals surface area contributed by atoms with Crippen molar-refractivity contribution in [2.45, 2.75) is 96.4 Å². The van der Waals surface area contributed by atoms with Gasteiger partial charge in [-0.05, 0) is 34.5 Å². The molecular formula is C24H35BrClNO3. The second-order valence-corrected chi connectivity index (χ2v) is 9.49. The standard InChI is InChI=1S/C24H35BrClNO3/c1-2-3-4-5-6-7-8-9-10-11-12-13-18(16-22(29)30)27-17-21(28)23-20(27)15-14-19(25)24(23)26/h14-15,17-18,28H,2-13,16H2,1H3,(H,29,30). The highest BCUT2D eigenvalue weighted by molar-refractivity contribution is 9.10. The van der Waals surface area contributed by atoms with Gasteiger partial charge in [-0.3, -0.25) is 4.79 Å². The molecule has 0 bridgehead atoms. The third kappa shape index (κ3) is 7.49. The average Bonchev–Trinajstić information content (AvgIpc) is 3.04. The molecule has 0 aliphatic heterocycles. The zero-order valence-corrected chi connectivity index (χ0v) is 20.3. The van der Waals surface area contributed by atoms with Gasteiger partial charge in [-0.25, -0.2) is 0 Å². The molecule has 1 unspecified atom stereocenters. The van der Waals surface area contributed by atoms with Crippen molar-refractivity contribution >= 4 is 44.4 Å². The van der Waals surface area contributed by atoms with E-state index in [4.69, 9.17) is 11.6 Å². The first-order valence-electron chi connectivity index (χ1n) is 11.3. The van der Waals surface area contributed by atoms with Crippen molar-refractivity contribution in [1.82, 2.24) is 4.57 Å². The SMILES string of the molecule is CCCCCCCCCCCCCC(CC(=O)O)n1cc(O)c2c(Cl)c(Br)ccc21. The molecular weight excluding hydrogens is 466 g/mol. The van der Waals surface area contributed by atoms with Crippen LogP contribution < -0.4 is 0 Å². The van der Waals surface area contributed by atoms with Gasteiger partial charge in [0.2, 0.25) is 0 Å². The van der Waals surface area contributed by atoms with Gasteiger partial charge in [0.1, 0.15) is 5.75 Å². The predicted octanol–water partition coefficient (Wildman–Crippen LogP) is 8.48. The molecule has 0 aliphatic rings. The summed E-state index contributed by atoms with van der Waals surface area (Å²) < 4.78 is 2.60. The van der Waals surface area contributed by atoms with Crippen LogP contribution in [0.4, 0.5) is 0 Å². The maximum absolute atomic E-state index is 11.4. The number of rotatable bonds is 15. The number of aromatic nitrogens is 1. The number of hydrogen-bond acceptors (Lipinski definition) is 2. The molecule has 0 amide bonds. The van der Waals surface area contributed by atoms with E-state index >= 15 is 0 Å². The first-order chi connectivity index (χ1) is 14.5. The van der Waals surface area contributed by atoms with Crippen LogP contribution in [0, 0.1) is 0 Å². The van der Waals surface area contributed by atoms with Gasteiger partial charge < -0.3 is 14.8 Å². The van der Waals surface area contributed by atoms with Gasteiger partial charge in [0, 0.05) is 16.7 Å². The molecule has 0 fully saturated rings. The van der Waals surface area contributed by atoms with Crippen LogP contribution in [-0.2, 0) is 4.79 Å². The van der Waals surface area contributed by atoms with Gasteiger partial charge in [0.15, 0.2) is 0 Å². The van der Waals surface area contributed by atoms with Crippen LogP contribution in [0.1, 0.15) is 96.4 Å². The third-order valence-corrected chi connectivity index (χ3v) is 7.09. The summed E-state index contributed by atoms with van der Waals surface area (Å²) in [6.45, 7) is 2.25. The second-order valence-electron chi connectivity index (χ2n) is 8.25. The molecule has 2 aromatic rings. The molecule has 1 aromatic carbocycles. The highest BCUT2D eigenvalue weighted by Gasteiger charge is 2.21. The van der Waals surface area contributed by atoms with Crippen LogP contribution in [0.3, 0.4) is 0 Å². The summed E-state index contributed by atoms with van der Waals surface area (Å²) >= 11 is 9.72. The Bertz CT molecular complexity index is 805. The van der Waals surface area contributed by atoms with Crippen molar-refractivity contribution < 1.29 is 15.0 Å². The number of halogens is 2. The number of carboxylic acid groups (broad SMARTS) is 1. The van der Waals surface area contributed by atoms with E-state index in [2.05, 4.69) is 22.9 Å². The molecule has 1 aromatic heterocycles. The summed E-state index contributed by atoms with van der Waals surface area (Å²) in [6.07, 6.45) is 16.4. The van der Waals surface area contributed by atoms with Crippen molar-refractivity contribution in [3.8, 4) is 5.75 Å². The highest BCUT2D eigenvalue weighted by Crippen LogP contribution is 2.40. The van der Waals surface area contributed by atoms with Gasteiger partial charge in [0.05, 0.1) is 22.3 Å². The lowest BCUT2D eigenvalue weighted by atomic mass is 10.0. The maximum Gasteiger partial charge on any atom is 0.305 e. The topological polar surface area (TPSA) is 62.5 Å². The van der Waals surface area contributed by atoms with E-state index in [0.717, 1.165) is 24.8 Å². The average molecular weight is 501 g/mol. The lowest BCUT2D eigenvalue weighted by Gasteiger charge is -2.18.